The maximum absolute atomic E-state index is 13.3. The summed E-state index contributed by atoms with van der Waals surface area (Å²) >= 11 is 0. The molecule has 0 bridgehead atoms. The second kappa shape index (κ2) is 7.68. The molecular formula is C22H27NO4S. The third kappa shape index (κ3) is 3.59. The van der Waals surface area contributed by atoms with Crippen molar-refractivity contribution in [1.29, 1.82) is 0 Å². The van der Waals surface area contributed by atoms with Gasteiger partial charge in [-0.3, -0.25) is 0 Å². The van der Waals surface area contributed by atoms with Gasteiger partial charge in [0.25, 0.3) is 10.0 Å². The number of nitrogens with zero attached hydrogens (tertiary/aromatic N) is 1. The molecule has 0 amide bonds. The van der Waals surface area contributed by atoms with Crippen molar-refractivity contribution in [2.45, 2.75) is 49.9 Å². The molecule has 1 unspecified atom stereocenters. The Kier molecular flexibility index (Phi) is 5.64. The van der Waals surface area contributed by atoms with Crippen LogP contribution in [0.3, 0.4) is 0 Å². The summed E-state index contributed by atoms with van der Waals surface area (Å²) in [7, 11) is -3.88. The minimum atomic E-state index is -3.88. The molecule has 2 aromatic rings. The Hall–Kier alpha value is -2.18. The predicted molar refractivity (Wildman–Crippen MR) is 111 cm³/mol. The van der Waals surface area contributed by atoms with Crippen molar-refractivity contribution in [3.05, 3.63) is 71.8 Å². The maximum atomic E-state index is 13.3. The number of aliphatic hydroxyl groups excluding tert-OH is 1. The van der Waals surface area contributed by atoms with E-state index in [1.165, 1.54) is 0 Å². The molecular weight excluding hydrogens is 374 g/mol. The van der Waals surface area contributed by atoms with Gasteiger partial charge in [0.05, 0.1) is 0 Å². The molecule has 28 heavy (non-hydrogen) atoms. The van der Waals surface area contributed by atoms with E-state index < -0.39 is 20.4 Å². The van der Waals surface area contributed by atoms with Crippen LogP contribution in [-0.2, 0) is 19.5 Å². The van der Waals surface area contributed by atoms with E-state index in [-0.39, 0.29) is 18.4 Å². The van der Waals surface area contributed by atoms with Crippen LogP contribution >= 0.6 is 0 Å². The molecule has 0 aromatic heterocycles. The van der Waals surface area contributed by atoms with E-state index in [1.54, 1.807) is 32.9 Å². The van der Waals surface area contributed by atoms with Crippen LogP contribution in [-0.4, -0.2) is 31.6 Å². The summed E-state index contributed by atoms with van der Waals surface area (Å²) in [6.07, 6.45) is 0.820. The maximum Gasteiger partial charge on any atom is 0.269 e. The molecule has 1 N–H and O–H groups in total. The van der Waals surface area contributed by atoms with Crippen molar-refractivity contribution in [2.75, 3.05) is 6.61 Å². The molecule has 0 saturated carbocycles. The molecule has 1 aliphatic heterocycles. The zero-order chi connectivity index (χ0) is 20.4. The van der Waals surface area contributed by atoms with Crippen LogP contribution in [0, 0.1) is 0 Å². The molecule has 150 valence electrons. The van der Waals surface area contributed by atoms with Gasteiger partial charge in [0.2, 0.25) is 5.90 Å². The minimum absolute atomic E-state index is 0.00468. The van der Waals surface area contributed by atoms with Gasteiger partial charge in [-0.15, -0.1) is 4.40 Å². The van der Waals surface area contributed by atoms with Gasteiger partial charge in [-0.2, -0.15) is 0 Å². The van der Waals surface area contributed by atoms with Gasteiger partial charge in [-0.05, 0) is 44.2 Å². The lowest BCUT2D eigenvalue weighted by Crippen LogP contribution is -2.55. The van der Waals surface area contributed by atoms with E-state index in [2.05, 4.69) is 4.40 Å². The Morgan fingerprint density at radius 1 is 1.00 bits per heavy atom. The molecule has 3 rings (SSSR count). The van der Waals surface area contributed by atoms with E-state index in [0.29, 0.717) is 18.4 Å². The van der Waals surface area contributed by atoms with Crippen LogP contribution in [0.5, 0.6) is 0 Å². The molecule has 0 spiro atoms. The highest BCUT2D eigenvalue weighted by molar-refractivity contribution is 7.91. The molecule has 0 radical (unpaired) electrons. The Bertz CT molecular complexity index is 939. The first kappa shape index (κ1) is 20.6. The summed E-state index contributed by atoms with van der Waals surface area (Å²) in [5.74, 6) is 0.123. The van der Waals surface area contributed by atoms with E-state index >= 15 is 0 Å². The number of aliphatic hydroxyl groups is 1. The largest absolute Gasteiger partial charge is 0.472 e. The predicted octanol–water partition coefficient (Wildman–Crippen LogP) is 4.00. The number of ether oxygens (including phenoxy) is 1. The molecule has 0 saturated heterocycles. The lowest BCUT2D eigenvalue weighted by molar-refractivity contribution is 0.0424. The topological polar surface area (TPSA) is 76.0 Å². The number of benzene rings is 2. The molecule has 0 fully saturated rings. The number of sulfonamides is 1. The zero-order valence-electron chi connectivity index (χ0n) is 16.5. The standard InChI is InChI=1S/C22H27NO4S/c1-21(2)22(3,19-12-8-5-9-13-19)28(25,26)23-20(27-21)16-18(14-15-24)17-10-6-4-7-11-17/h4-13,18,24H,14-16H2,1-3H3/t18-,22?/m1/s1. The third-order valence-electron chi connectivity index (χ3n) is 5.75. The first-order valence-electron chi connectivity index (χ1n) is 9.45. The number of hydrogen-bond acceptors (Lipinski definition) is 4. The van der Waals surface area contributed by atoms with Crippen molar-refractivity contribution in [3.8, 4) is 0 Å². The van der Waals surface area contributed by atoms with Crippen molar-refractivity contribution in [1.82, 2.24) is 0 Å². The Balaban J connectivity index is 1.99. The number of hydrogen-bond donors (Lipinski definition) is 1. The first-order valence-corrected chi connectivity index (χ1v) is 10.9. The Labute approximate surface area is 167 Å². The summed E-state index contributed by atoms with van der Waals surface area (Å²) in [5, 5.41) is 9.47. The average molecular weight is 402 g/mol. The highest BCUT2D eigenvalue weighted by Gasteiger charge is 2.58. The number of rotatable bonds is 6. The van der Waals surface area contributed by atoms with E-state index in [0.717, 1.165) is 5.56 Å². The second-order valence-electron chi connectivity index (χ2n) is 7.80. The van der Waals surface area contributed by atoms with Gasteiger partial charge >= 0.3 is 0 Å². The normalized spacial score (nSPS) is 24.1. The Morgan fingerprint density at radius 2 is 1.57 bits per heavy atom. The van der Waals surface area contributed by atoms with Crippen molar-refractivity contribution >= 4 is 15.9 Å². The molecule has 2 atom stereocenters. The molecule has 0 aliphatic carbocycles. The fourth-order valence-electron chi connectivity index (χ4n) is 3.76. The van der Waals surface area contributed by atoms with Crippen LogP contribution in [0.2, 0.25) is 0 Å². The fourth-order valence-corrected chi connectivity index (χ4v) is 5.42. The summed E-state index contributed by atoms with van der Waals surface area (Å²) in [6, 6.07) is 18.8. The van der Waals surface area contributed by atoms with Crippen LogP contribution in [0.1, 0.15) is 50.7 Å². The van der Waals surface area contributed by atoms with Gasteiger partial charge in [0, 0.05) is 13.0 Å². The fraction of sp³-hybridized carbons (Fsp3) is 0.409. The van der Waals surface area contributed by atoms with Crippen molar-refractivity contribution in [2.24, 2.45) is 4.40 Å². The lowest BCUT2D eigenvalue weighted by Gasteiger charge is -2.45. The summed E-state index contributed by atoms with van der Waals surface area (Å²) in [6.45, 7) is 5.25. The van der Waals surface area contributed by atoms with E-state index in [4.69, 9.17) is 4.74 Å². The lowest BCUT2D eigenvalue weighted by atomic mass is 9.84. The van der Waals surface area contributed by atoms with Gasteiger partial charge in [0.15, 0.2) is 4.75 Å². The molecule has 2 aromatic carbocycles. The van der Waals surface area contributed by atoms with Crippen LogP contribution in [0.4, 0.5) is 0 Å². The van der Waals surface area contributed by atoms with Gasteiger partial charge in [0.1, 0.15) is 5.60 Å². The van der Waals surface area contributed by atoms with Crippen LogP contribution < -0.4 is 0 Å². The molecule has 1 aliphatic rings. The third-order valence-corrected chi connectivity index (χ3v) is 7.96. The highest BCUT2D eigenvalue weighted by Crippen LogP contribution is 2.47. The van der Waals surface area contributed by atoms with Gasteiger partial charge < -0.3 is 9.84 Å². The van der Waals surface area contributed by atoms with E-state index in [1.807, 2.05) is 48.5 Å². The average Bonchev–Trinajstić information content (AvgIpc) is 2.66. The second-order valence-corrected chi connectivity index (χ2v) is 9.74. The van der Waals surface area contributed by atoms with Crippen molar-refractivity contribution in [3.63, 3.8) is 0 Å². The Morgan fingerprint density at radius 3 is 2.11 bits per heavy atom. The van der Waals surface area contributed by atoms with Crippen molar-refractivity contribution < 1.29 is 18.3 Å². The van der Waals surface area contributed by atoms with Gasteiger partial charge in [-0.1, -0.05) is 60.7 Å². The first-order chi connectivity index (χ1) is 13.2. The van der Waals surface area contributed by atoms with Gasteiger partial charge in [-0.25, -0.2) is 8.42 Å². The van der Waals surface area contributed by atoms with Crippen LogP contribution in [0.15, 0.2) is 65.1 Å². The molecule has 1 heterocycles. The quantitative estimate of drug-likeness (QED) is 0.794. The highest BCUT2D eigenvalue weighted by atomic mass is 32.2. The minimum Gasteiger partial charge on any atom is -0.472 e. The van der Waals surface area contributed by atoms with E-state index in [9.17, 15) is 13.5 Å². The summed E-state index contributed by atoms with van der Waals surface area (Å²) < 4.78 is 35.5. The molecule has 5 nitrogen and oxygen atoms in total. The molecule has 6 heteroatoms. The SMILES string of the molecule is CC1(C)OC(C[C@@H](CCO)c2ccccc2)=NS(=O)(=O)C1(C)c1ccccc1. The monoisotopic (exact) mass is 401 g/mol. The van der Waals surface area contributed by atoms with Crippen LogP contribution in [0.25, 0.3) is 0 Å². The zero-order valence-corrected chi connectivity index (χ0v) is 17.3. The smallest absolute Gasteiger partial charge is 0.269 e. The summed E-state index contributed by atoms with van der Waals surface area (Å²) in [5.41, 5.74) is 0.664. The summed E-state index contributed by atoms with van der Waals surface area (Å²) in [4.78, 5) is 0.